The number of methoxy groups -OCH3 is 1. The molecular formula is C16H24N2O. The minimum absolute atomic E-state index is 0.653. The van der Waals surface area contributed by atoms with Crippen LogP contribution in [0.15, 0.2) is 24.3 Å². The number of benzene rings is 1. The van der Waals surface area contributed by atoms with Crippen LogP contribution in [0.1, 0.15) is 25.3 Å². The van der Waals surface area contributed by atoms with Gasteiger partial charge in [-0.1, -0.05) is 12.1 Å². The van der Waals surface area contributed by atoms with Crippen molar-refractivity contribution < 1.29 is 4.74 Å². The van der Waals surface area contributed by atoms with Gasteiger partial charge >= 0.3 is 0 Å². The molecule has 0 spiro atoms. The summed E-state index contributed by atoms with van der Waals surface area (Å²) in [6.45, 7) is 7.16. The van der Waals surface area contributed by atoms with Gasteiger partial charge in [0.25, 0.3) is 0 Å². The molecule has 1 aromatic carbocycles. The number of piperazine rings is 1. The van der Waals surface area contributed by atoms with Crippen molar-refractivity contribution in [2.75, 3.05) is 26.7 Å². The second-order valence-corrected chi connectivity index (χ2v) is 5.92. The molecule has 104 valence electrons. The summed E-state index contributed by atoms with van der Waals surface area (Å²) in [7, 11) is 1.74. The Morgan fingerprint density at radius 1 is 1.32 bits per heavy atom. The zero-order valence-electron chi connectivity index (χ0n) is 12.0. The first kappa shape index (κ1) is 12.9. The molecule has 3 rings (SSSR count). The minimum Gasteiger partial charge on any atom is -0.497 e. The van der Waals surface area contributed by atoms with Crippen LogP contribution in [0.3, 0.4) is 0 Å². The van der Waals surface area contributed by atoms with Gasteiger partial charge in [0.1, 0.15) is 5.75 Å². The Labute approximate surface area is 116 Å². The highest BCUT2D eigenvalue weighted by atomic mass is 16.5. The SMILES string of the molecule is COc1cccc(CN2C[C@H]3CCCN3C[C@@H]2C)c1. The maximum atomic E-state index is 5.31. The highest BCUT2D eigenvalue weighted by Gasteiger charge is 2.34. The molecule has 2 fully saturated rings. The summed E-state index contributed by atoms with van der Waals surface area (Å²) in [4.78, 5) is 5.30. The fraction of sp³-hybridized carbons (Fsp3) is 0.625. The predicted octanol–water partition coefficient (Wildman–Crippen LogP) is 2.36. The lowest BCUT2D eigenvalue weighted by Crippen LogP contribution is -2.54. The molecule has 2 heterocycles. The maximum Gasteiger partial charge on any atom is 0.119 e. The predicted molar refractivity (Wildman–Crippen MR) is 77.5 cm³/mol. The number of nitrogens with zero attached hydrogens (tertiary/aromatic N) is 2. The molecule has 0 N–H and O–H groups in total. The molecule has 3 nitrogen and oxygen atoms in total. The molecule has 2 atom stereocenters. The summed E-state index contributed by atoms with van der Waals surface area (Å²) in [6.07, 6.45) is 2.76. The van der Waals surface area contributed by atoms with E-state index in [1.165, 1.54) is 38.0 Å². The summed E-state index contributed by atoms with van der Waals surface area (Å²) in [6, 6.07) is 9.92. The Bertz CT molecular complexity index is 435. The molecule has 0 unspecified atom stereocenters. The maximum absolute atomic E-state index is 5.31. The Hall–Kier alpha value is -1.06. The topological polar surface area (TPSA) is 15.7 Å². The van der Waals surface area contributed by atoms with Crippen LogP contribution in [0.2, 0.25) is 0 Å². The van der Waals surface area contributed by atoms with Crippen molar-refractivity contribution in [2.24, 2.45) is 0 Å². The largest absolute Gasteiger partial charge is 0.497 e. The molecule has 19 heavy (non-hydrogen) atoms. The quantitative estimate of drug-likeness (QED) is 0.830. The summed E-state index contributed by atoms with van der Waals surface area (Å²) in [5.41, 5.74) is 1.36. The molecule has 2 aliphatic rings. The molecule has 0 bridgehead atoms. The lowest BCUT2D eigenvalue weighted by Gasteiger charge is -2.42. The third kappa shape index (κ3) is 2.77. The first-order chi connectivity index (χ1) is 9.26. The van der Waals surface area contributed by atoms with Crippen LogP contribution in [0.5, 0.6) is 5.75 Å². The van der Waals surface area contributed by atoms with Crippen LogP contribution < -0.4 is 4.74 Å². The van der Waals surface area contributed by atoms with E-state index in [2.05, 4.69) is 34.9 Å². The molecule has 0 aliphatic carbocycles. The molecule has 0 radical (unpaired) electrons. The summed E-state index contributed by atoms with van der Waals surface area (Å²) >= 11 is 0. The third-order valence-corrected chi connectivity index (χ3v) is 4.59. The van der Waals surface area contributed by atoms with E-state index in [1.54, 1.807) is 7.11 Å². The average Bonchev–Trinajstić information content (AvgIpc) is 2.86. The zero-order chi connectivity index (χ0) is 13.2. The monoisotopic (exact) mass is 260 g/mol. The van der Waals surface area contributed by atoms with Gasteiger partial charge in [0, 0.05) is 31.7 Å². The van der Waals surface area contributed by atoms with E-state index < -0.39 is 0 Å². The highest BCUT2D eigenvalue weighted by molar-refractivity contribution is 5.28. The fourth-order valence-corrected chi connectivity index (χ4v) is 3.47. The molecule has 0 amide bonds. The molecular weight excluding hydrogens is 236 g/mol. The summed E-state index contributed by atoms with van der Waals surface area (Å²) in [5, 5.41) is 0. The van der Waals surface area contributed by atoms with Crippen molar-refractivity contribution in [3.63, 3.8) is 0 Å². The molecule has 0 aromatic heterocycles. The van der Waals surface area contributed by atoms with E-state index in [9.17, 15) is 0 Å². The Kier molecular flexibility index (Phi) is 3.76. The van der Waals surface area contributed by atoms with Crippen molar-refractivity contribution >= 4 is 0 Å². The van der Waals surface area contributed by atoms with Crippen molar-refractivity contribution in [3.8, 4) is 5.75 Å². The first-order valence-electron chi connectivity index (χ1n) is 7.37. The minimum atomic E-state index is 0.653. The van der Waals surface area contributed by atoms with Crippen LogP contribution in [0.4, 0.5) is 0 Å². The fourth-order valence-electron chi connectivity index (χ4n) is 3.47. The Morgan fingerprint density at radius 3 is 3.05 bits per heavy atom. The summed E-state index contributed by atoms with van der Waals surface area (Å²) < 4.78 is 5.31. The second kappa shape index (κ2) is 5.51. The van der Waals surface area contributed by atoms with Crippen molar-refractivity contribution in [2.45, 2.75) is 38.4 Å². The van der Waals surface area contributed by atoms with E-state index in [-0.39, 0.29) is 0 Å². The summed E-state index contributed by atoms with van der Waals surface area (Å²) in [5.74, 6) is 0.963. The van der Waals surface area contributed by atoms with Gasteiger partial charge in [0.05, 0.1) is 7.11 Å². The van der Waals surface area contributed by atoms with Crippen LogP contribution in [0, 0.1) is 0 Å². The van der Waals surface area contributed by atoms with Crippen molar-refractivity contribution in [1.29, 1.82) is 0 Å². The van der Waals surface area contributed by atoms with Crippen molar-refractivity contribution in [3.05, 3.63) is 29.8 Å². The standard InChI is InChI=1S/C16H24N2O/c1-13-10-17-8-4-6-15(17)12-18(13)11-14-5-3-7-16(9-14)19-2/h3,5,7,9,13,15H,4,6,8,10-12H2,1-2H3/t13-,15+/m0/s1. The van der Waals surface area contributed by atoms with E-state index in [0.29, 0.717) is 6.04 Å². The van der Waals surface area contributed by atoms with Gasteiger partial charge in [0.15, 0.2) is 0 Å². The lowest BCUT2D eigenvalue weighted by atomic mass is 10.1. The highest BCUT2D eigenvalue weighted by Crippen LogP contribution is 2.26. The van der Waals surface area contributed by atoms with Gasteiger partial charge < -0.3 is 4.74 Å². The number of hydrogen-bond acceptors (Lipinski definition) is 3. The normalized spacial score (nSPS) is 28.3. The zero-order valence-corrected chi connectivity index (χ0v) is 12.0. The number of ether oxygens (including phenoxy) is 1. The Balaban J connectivity index is 1.68. The van der Waals surface area contributed by atoms with Gasteiger partial charge in [-0.15, -0.1) is 0 Å². The molecule has 1 aromatic rings. The smallest absolute Gasteiger partial charge is 0.119 e. The van der Waals surface area contributed by atoms with Gasteiger partial charge in [0.2, 0.25) is 0 Å². The van der Waals surface area contributed by atoms with Crippen molar-refractivity contribution in [1.82, 2.24) is 9.80 Å². The average molecular weight is 260 g/mol. The van der Waals surface area contributed by atoms with Gasteiger partial charge in [-0.25, -0.2) is 0 Å². The second-order valence-electron chi connectivity index (χ2n) is 5.92. The first-order valence-corrected chi connectivity index (χ1v) is 7.37. The molecule has 3 heteroatoms. The van der Waals surface area contributed by atoms with Crippen LogP contribution in [-0.2, 0) is 6.54 Å². The van der Waals surface area contributed by atoms with Crippen LogP contribution >= 0.6 is 0 Å². The van der Waals surface area contributed by atoms with Crippen LogP contribution in [-0.4, -0.2) is 48.6 Å². The van der Waals surface area contributed by atoms with E-state index in [4.69, 9.17) is 4.74 Å². The third-order valence-electron chi connectivity index (χ3n) is 4.59. The Morgan fingerprint density at radius 2 is 2.21 bits per heavy atom. The van der Waals surface area contributed by atoms with Gasteiger partial charge in [-0.3, -0.25) is 9.80 Å². The number of rotatable bonds is 3. The molecule has 2 saturated heterocycles. The number of hydrogen-bond donors (Lipinski definition) is 0. The number of fused-ring (bicyclic) bond motifs is 1. The van der Waals surface area contributed by atoms with E-state index in [1.807, 2.05) is 6.07 Å². The molecule has 0 saturated carbocycles. The van der Waals surface area contributed by atoms with Gasteiger partial charge in [-0.2, -0.15) is 0 Å². The van der Waals surface area contributed by atoms with Gasteiger partial charge in [-0.05, 0) is 44.0 Å². The van der Waals surface area contributed by atoms with E-state index >= 15 is 0 Å². The molecule has 2 aliphatic heterocycles. The van der Waals surface area contributed by atoms with Crippen LogP contribution in [0.25, 0.3) is 0 Å². The van der Waals surface area contributed by atoms with E-state index in [0.717, 1.165) is 18.3 Å². The lowest BCUT2D eigenvalue weighted by molar-refractivity contribution is 0.0540.